The Bertz CT molecular complexity index is 1080. The fourth-order valence-corrected chi connectivity index (χ4v) is 11.4. The molecular formula is C34H50N2. The first-order valence-electron chi connectivity index (χ1n) is 15.7. The van der Waals surface area contributed by atoms with Gasteiger partial charge in [-0.1, -0.05) is 91.4 Å². The van der Waals surface area contributed by atoms with Gasteiger partial charge in [-0.25, -0.2) is 0 Å². The molecule has 8 rings (SSSR count). The zero-order valence-electron chi connectivity index (χ0n) is 24.0. The maximum atomic E-state index is 5.91. The quantitative estimate of drug-likeness (QED) is 0.306. The first kappa shape index (κ1) is 23.9. The van der Waals surface area contributed by atoms with Gasteiger partial charge in [0.05, 0.1) is 11.1 Å². The van der Waals surface area contributed by atoms with Crippen LogP contribution in [-0.4, -0.2) is 22.5 Å². The predicted octanol–water partition coefficient (Wildman–Crippen LogP) is 8.76. The van der Waals surface area contributed by atoms with Crippen molar-refractivity contribution in [2.45, 2.75) is 130 Å². The maximum Gasteiger partial charge on any atom is 0.0614 e. The number of fused-ring (bicyclic) bond motifs is 1. The van der Waals surface area contributed by atoms with Crippen LogP contribution in [0.25, 0.3) is 0 Å². The van der Waals surface area contributed by atoms with Crippen molar-refractivity contribution < 1.29 is 0 Å². The maximum absolute atomic E-state index is 5.91. The fourth-order valence-electron chi connectivity index (χ4n) is 11.4. The minimum absolute atomic E-state index is 0.0444. The summed E-state index contributed by atoms with van der Waals surface area (Å²) in [5.41, 5.74) is 5.43. The van der Waals surface area contributed by atoms with E-state index in [4.69, 9.17) is 9.98 Å². The summed E-state index contributed by atoms with van der Waals surface area (Å²) < 4.78 is 0. The van der Waals surface area contributed by atoms with E-state index >= 15 is 0 Å². The Morgan fingerprint density at radius 2 is 1.28 bits per heavy atom. The summed E-state index contributed by atoms with van der Waals surface area (Å²) in [5, 5.41) is 0. The minimum Gasteiger partial charge on any atom is -0.286 e. The monoisotopic (exact) mass is 486 g/mol. The van der Waals surface area contributed by atoms with Gasteiger partial charge in [-0.3, -0.25) is 9.98 Å². The zero-order valence-corrected chi connectivity index (χ0v) is 24.0. The van der Waals surface area contributed by atoms with Crippen LogP contribution in [-0.2, 0) is 0 Å². The lowest BCUT2D eigenvalue weighted by Crippen LogP contribution is -2.70. The van der Waals surface area contributed by atoms with Crippen molar-refractivity contribution in [2.24, 2.45) is 55.8 Å². The summed E-state index contributed by atoms with van der Waals surface area (Å²) in [4.78, 5) is 11.7. The number of nitrogens with zero attached hydrogens (tertiary/aromatic N) is 2. The molecule has 0 aromatic carbocycles. The van der Waals surface area contributed by atoms with E-state index in [1.807, 2.05) is 0 Å². The standard InChI is InChI=1S/C34H50N2/c1-22-19-26-27(32(6)24(3)21-33(35-28(22)32)14-9-7-10-15-33)25-13-18-30(26,4)29-31(25,5)23(2)20-34(36-29)16-11-8-12-17-34/h13,18-19,23-27H,7-12,14-17,20-21H2,1-6H3/t23-,24-,25+,26-,27-,30-,31-,32-/m0/s1. The third kappa shape index (κ3) is 2.81. The smallest absolute Gasteiger partial charge is 0.0614 e. The van der Waals surface area contributed by atoms with Gasteiger partial charge in [0.15, 0.2) is 0 Å². The van der Waals surface area contributed by atoms with Crippen LogP contribution in [0.5, 0.6) is 0 Å². The lowest BCUT2D eigenvalue weighted by Gasteiger charge is -2.70. The van der Waals surface area contributed by atoms with E-state index in [-0.39, 0.29) is 27.3 Å². The molecule has 2 spiro atoms. The second-order valence-corrected chi connectivity index (χ2v) is 15.3. The van der Waals surface area contributed by atoms with E-state index in [0.29, 0.717) is 29.6 Å². The molecule has 2 heterocycles. The first-order chi connectivity index (χ1) is 17.1. The number of allylic oxidation sites excluding steroid dienone is 4. The Hall–Kier alpha value is -1.18. The molecule has 0 radical (unpaired) electrons. The normalized spacial score (nSPS) is 50.1. The Balaban J connectivity index is 1.41. The SMILES string of the molecule is CC1=C[C@H]2[C@H]([C@H]3C=C[C@]2(C)C2=NC4(CCCCC4)C[C@H](C)[C@]23C)[C@@]2(C)C1=NC1(CCCCC1)C[C@@H]2C. The Morgan fingerprint density at radius 1 is 0.722 bits per heavy atom. The van der Waals surface area contributed by atoms with E-state index in [1.165, 1.54) is 88.3 Å². The molecule has 8 atom stereocenters. The molecular weight excluding hydrogens is 436 g/mol. The van der Waals surface area contributed by atoms with Crippen LogP contribution < -0.4 is 0 Å². The summed E-state index contributed by atoms with van der Waals surface area (Å²) in [6, 6.07) is 0. The summed E-state index contributed by atoms with van der Waals surface area (Å²) in [7, 11) is 0. The van der Waals surface area contributed by atoms with Crippen LogP contribution in [0.2, 0.25) is 0 Å². The minimum atomic E-state index is 0.0444. The molecule has 0 amide bonds. The number of hydrogen-bond donors (Lipinski definition) is 0. The van der Waals surface area contributed by atoms with E-state index in [0.717, 1.165) is 0 Å². The summed E-state index contributed by atoms with van der Waals surface area (Å²) in [6.07, 6.45) is 24.2. The molecule has 0 aromatic heterocycles. The molecule has 196 valence electrons. The molecule has 0 unspecified atom stereocenters. The zero-order chi connectivity index (χ0) is 25.1. The molecule has 0 N–H and O–H groups in total. The second kappa shape index (κ2) is 7.47. The van der Waals surface area contributed by atoms with E-state index in [1.54, 1.807) is 5.71 Å². The largest absolute Gasteiger partial charge is 0.286 e. The van der Waals surface area contributed by atoms with Crippen molar-refractivity contribution in [3.05, 3.63) is 23.8 Å². The summed E-state index contributed by atoms with van der Waals surface area (Å²) in [6.45, 7) is 15.5. The van der Waals surface area contributed by atoms with Crippen LogP contribution in [0.15, 0.2) is 33.8 Å². The molecule has 8 aliphatic rings. The third-order valence-corrected chi connectivity index (χ3v) is 13.5. The molecule has 36 heavy (non-hydrogen) atoms. The van der Waals surface area contributed by atoms with Gasteiger partial charge in [0.2, 0.25) is 0 Å². The van der Waals surface area contributed by atoms with Crippen molar-refractivity contribution in [1.29, 1.82) is 0 Å². The molecule has 3 fully saturated rings. The molecule has 2 heteroatoms. The Kier molecular flexibility index (Phi) is 4.96. The van der Waals surface area contributed by atoms with Crippen LogP contribution in [0, 0.1) is 45.8 Å². The average Bonchev–Trinajstić information content (AvgIpc) is 2.84. The highest BCUT2D eigenvalue weighted by molar-refractivity contribution is 6.08. The van der Waals surface area contributed by atoms with Crippen LogP contribution in [0.4, 0.5) is 0 Å². The first-order valence-corrected chi connectivity index (χ1v) is 15.7. The van der Waals surface area contributed by atoms with Crippen LogP contribution in [0.3, 0.4) is 0 Å². The second-order valence-electron chi connectivity index (χ2n) is 15.3. The highest BCUT2D eigenvalue weighted by atomic mass is 15.0. The molecule has 3 saturated carbocycles. The van der Waals surface area contributed by atoms with Gasteiger partial charge in [0.25, 0.3) is 0 Å². The van der Waals surface area contributed by atoms with Gasteiger partial charge in [-0.15, -0.1) is 0 Å². The predicted molar refractivity (Wildman–Crippen MR) is 152 cm³/mol. The number of aliphatic imine (C=N–C) groups is 2. The lowest BCUT2D eigenvalue weighted by molar-refractivity contribution is -0.0426. The van der Waals surface area contributed by atoms with Gasteiger partial charge in [0, 0.05) is 27.7 Å². The van der Waals surface area contributed by atoms with Crippen LogP contribution in [0.1, 0.15) is 119 Å². The highest BCUT2D eigenvalue weighted by Crippen LogP contribution is 2.71. The van der Waals surface area contributed by atoms with Crippen molar-refractivity contribution >= 4 is 11.4 Å². The molecule has 2 nitrogen and oxygen atoms in total. The Morgan fingerprint density at radius 3 is 1.89 bits per heavy atom. The van der Waals surface area contributed by atoms with E-state index in [9.17, 15) is 0 Å². The lowest BCUT2D eigenvalue weighted by atomic mass is 9.35. The van der Waals surface area contributed by atoms with Gasteiger partial charge in [-0.05, 0) is 80.6 Å². The van der Waals surface area contributed by atoms with Gasteiger partial charge >= 0.3 is 0 Å². The molecule has 2 bridgehead atoms. The van der Waals surface area contributed by atoms with Crippen LogP contribution >= 0.6 is 0 Å². The summed E-state index contributed by atoms with van der Waals surface area (Å²) >= 11 is 0. The summed E-state index contributed by atoms with van der Waals surface area (Å²) in [5.74, 6) is 3.14. The van der Waals surface area contributed by atoms with Gasteiger partial charge in [-0.2, -0.15) is 0 Å². The molecule has 2 aliphatic heterocycles. The highest BCUT2D eigenvalue weighted by Gasteiger charge is 2.70. The Labute approximate surface area is 220 Å². The van der Waals surface area contributed by atoms with Gasteiger partial charge in [0.1, 0.15) is 0 Å². The van der Waals surface area contributed by atoms with E-state index < -0.39 is 0 Å². The number of hydrogen-bond acceptors (Lipinski definition) is 2. The van der Waals surface area contributed by atoms with Crippen molar-refractivity contribution in [2.75, 3.05) is 0 Å². The number of rotatable bonds is 0. The van der Waals surface area contributed by atoms with Crippen molar-refractivity contribution in [3.8, 4) is 0 Å². The topological polar surface area (TPSA) is 24.7 Å². The van der Waals surface area contributed by atoms with Crippen molar-refractivity contribution in [3.63, 3.8) is 0 Å². The van der Waals surface area contributed by atoms with Crippen molar-refractivity contribution in [1.82, 2.24) is 0 Å². The average molecular weight is 487 g/mol. The fraction of sp³-hybridized carbons (Fsp3) is 0.824. The molecule has 0 aromatic rings. The molecule has 0 saturated heterocycles. The van der Waals surface area contributed by atoms with Gasteiger partial charge < -0.3 is 0 Å². The van der Waals surface area contributed by atoms with E-state index in [2.05, 4.69) is 59.8 Å². The third-order valence-electron chi connectivity index (χ3n) is 13.5. The molecule has 6 aliphatic carbocycles.